The smallest absolute Gasteiger partial charge is 0.431 e. The van der Waals surface area contributed by atoms with E-state index in [2.05, 4.69) is 20.3 Å². The first-order chi connectivity index (χ1) is 14.9. The monoisotopic (exact) mass is 433 g/mol. The number of aromatic amines is 1. The molecule has 2 aliphatic rings. The van der Waals surface area contributed by atoms with Gasteiger partial charge in [0.15, 0.2) is 0 Å². The fourth-order valence-electron chi connectivity index (χ4n) is 4.51. The van der Waals surface area contributed by atoms with Gasteiger partial charge in [-0.05, 0) is 25.0 Å². The predicted molar refractivity (Wildman–Crippen MR) is 108 cm³/mol. The molecule has 0 saturated carbocycles. The van der Waals surface area contributed by atoms with Gasteiger partial charge in [0, 0.05) is 30.2 Å². The molecule has 4 N–H and O–H groups in total. The minimum Gasteiger partial charge on any atom is -0.493 e. The second-order valence-corrected chi connectivity index (χ2v) is 8.09. The second kappa shape index (κ2) is 7.38. The Morgan fingerprint density at radius 3 is 2.71 bits per heavy atom. The molecule has 1 aromatic carbocycles. The molecule has 0 spiro atoms. The van der Waals surface area contributed by atoms with Crippen LogP contribution in [0.3, 0.4) is 0 Å². The zero-order valence-corrected chi connectivity index (χ0v) is 16.6. The van der Waals surface area contributed by atoms with Crippen molar-refractivity contribution in [2.45, 2.75) is 30.6 Å². The van der Waals surface area contributed by atoms with Crippen LogP contribution in [0.4, 0.5) is 19.0 Å². The lowest BCUT2D eigenvalue weighted by Gasteiger charge is -2.46. The maximum absolute atomic E-state index is 13.2. The number of anilines is 1. The van der Waals surface area contributed by atoms with Crippen molar-refractivity contribution < 1.29 is 22.6 Å². The summed E-state index contributed by atoms with van der Waals surface area (Å²) in [6.07, 6.45) is -1.92. The second-order valence-electron chi connectivity index (χ2n) is 8.09. The molecular formula is C21H22F3N5O2. The first kappa shape index (κ1) is 20.1. The van der Waals surface area contributed by atoms with E-state index in [4.69, 9.17) is 15.2 Å². The van der Waals surface area contributed by atoms with Crippen LogP contribution in [0.15, 0.2) is 36.7 Å². The van der Waals surface area contributed by atoms with Crippen LogP contribution in [0.2, 0.25) is 0 Å². The van der Waals surface area contributed by atoms with Crippen molar-refractivity contribution in [2.75, 3.05) is 25.1 Å². The molecule has 2 atom stereocenters. The number of halogens is 3. The van der Waals surface area contributed by atoms with Gasteiger partial charge in [0.1, 0.15) is 29.2 Å². The number of hydrogen-bond acceptors (Lipinski definition) is 6. The zero-order valence-electron chi connectivity index (χ0n) is 16.6. The highest BCUT2D eigenvalue weighted by Crippen LogP contribution is 2.44. The summed E-state index contributed by atoms with van der Waals surface area (Å²) >= 11 is 0. The van der Waals surface area contributed by atoms with Crippen molar-refractivity contribution in [3.05, 3.63) is 47.9 Å². The summed E-state index contributed by atoms with van der Waals surface area (Å²) in [4.78, 5) is 10.6. The molecule has 2 aromatic heterocycles. The number of fused-ring (bicyclic) bond motifs is 2. The van der Waals surface area contributed by atoms with Crippen LogP contribution in [0.1, 0.15) is 30.1 Å². The molecule has 0 amide bonds. The van der Waals surface area contributed by atoms with Gasteiger partial charge < -0.3 is 25.5 Å². The summed E-state index contributed by atoms with van der Waals surface area (Å²) < 4.78 is 51.2. The number of nitrogens with two attached hydrogens (primary N) is 1. The lowest BCUT2D eigenvalue weighted by Crippen LogP contribution is -2.57. The van der Waals surface area contributed by atoms with Crippen molar-refractivity contribution >= 4 is 16.9 Å². The minimum absolute atomic E-state index is 0.121. The zero-order chi connectivity index (χ0) is 21.6. The Bertz CT molecular complexity index is 1090. The van der Waals surface area contributed by atoms with Crippen LogP contribution in [0.5, 0.6) is 5.75 Å². The maximum atomic E-state index is 13.2. The molecule has 3 aromatic rings. The summed E-state index contributed by atoms with van der Waals surface area (Å²) in [6, 6.07) is 8.34. The van der Waals surface area contributed by atoms with Gasteiger partial charge in [-0.1, -0.05) is 18.2 Å². The number of nitrogens with one attached hydrogen (secondary N) is 2. The van der Waals surface area contributed by atoms with Crippen molar-refractivity contribution in [2.24, 2.45) is 11.7 Å². The number of hydrogen-bond donors (Lipinski definition) is 3. The van der Waals surface area contributed by atoms with Gasteiger partial charge in [-0.15, -0.1) is 0 Å². The quantitative estimate of drug-likeness (QED) is 0.583. The highest BCUT2D eigenvalue weighted by molar-refractivity contribution is 5.88. The Hall–Kier alpha value is -2.85. The molecule has 31 heavy (non-hydrogen) atoms. The molecule has 0 radical (unpaired) electrons. The fourth-order valence-corrected chi connectivity index (χ4v) is 4.51. The lowest BCUT2D eigenvalue weighted by molar-refractivity contribution is -0.140. The number of nitrogens with zero attached hydrogens (tertiary/aromatic N) is 2. The molecule has 5 rings (SSSR count). The summed E-state index contributed by atoms with van der Waals surface area (Å²) in [6.45, 7) is 1.51. The van der Waals surface area contributed by atoms with Crippen LogP contribution in [0, 0.1) is 5.92 Å². The highest BCUT2D eigenvalue weighted by atomic mass is 19.4. The van der Waals surface area contributed by atoms with E-state index < -0.39 is 17.4 Å². The van der Waals surface area contributed by atoms with E-state index in [1.807, 2.05) is 24.3 Å². The summed E-state index contributed by atoms with van der Waals surface area (Å²) in [7, 11) is 0. The van der Waals surface area contributed by atoms with E-state index in [0.29, 0.717) is 38.5 Å². The van der Waals surface area contributed by atoms with E-state index in [1.165, 1.54) is 6.33 Å². The Balaban J connectivity index is 1.57. The largest absolute Gasteiger partial charge is 0.493 e. The van der Waals surface area contributed by atoms with Crippen LogP contribution in [0.25, 0.3) is 11.0 Å². The average Bonchev–Trinajstić information content (AvgIpc) is 3.20. The van der Waals surface area contributed by atoms with E-state index in [1.54, 1.807) is 0 Å². The minimum atomic E-state index is -4.50. The third-order valence-corrected chi connectivity index (χ3v) is 6.26. The molecule has 164 valence electrons. The molecule has 1 fully saturated rings. The maximum Gasteiger partial charge on any atom is 0.431 e. The molecule has 0 bridgehead atoms. The molecule has 0 aliphatic carbocycles. The Morgan fingerprint density at radius 2 is 1.94 bits per heavy atom. The predicted octanol–water partition coefficient (Wildman–Crippen LogP) is 3.65. The summed E-state index contributed by atoms with van der Waals surface area (Å²) in [5, 5.41) is 3.65. The van der Waals surface area contributed by atoms with Crippen molar-refractivity contribution in [3.63, 3.8) is 0 Å². The van der Waals surface area contributed by atoms with Gasteiger partial charge in [-0.3, -0.25) is 0 Å². The molecule has 1 saturated heterocycles. The number of H-pyrrole nitrogens is 1. The van der Waals surface area contributed by atoms with Crippen molar-refractivity contribution in [1.82, 2.24) is 15.0 Å². The molecule has 10 heteroatoms. The molecule has 4 heterocycles. The van der Waals surface area contributed by atoms with E-state index in [-0.39, 0.29) is 23.0 Å². The Morgan fingerprint density at radius 1 is 1.16 bits per heavy atom. The van der Waals surface area contributed by atoms with Gasteiger partial charge >= 0.3 is 6.18 Å². The topological polar surface area (TPSA) is 98.1 Å². The number of alkyl halides is 3. The van der Waals surface area contributed by atoms with Crippen LogP contribution in [-0.4, -0.2) is 40.3 Å². The highest BCUT2D eigenvalue weighted by Gasteiger charge is 2.45. The number of aromatic nitrogens is 3. The van der Waals surface area contributed by atoms with Crippen molar-refractivity contribution in [1.29, 1.82) is 0 Å². The van der Waals surface area contributed by atoms with Gasteiger partial charge in [-0.25, -0.2) is 9.97 Å². The fraction of sp³-hybridized carbons (Fsp3) is 0.429. The molecule has 2 aliphatic heterocycles. The average molecular weight is 433 g/mol. The van der Waals surface area contributed by atoms with Crippen LogP contribution in [-0.2, 0) is 10.9 Å². The van der Waals surface area contributed by atoms with Crippen molar-refractivity contribution in [3.8, 4) is 5.75 Å². The van der Waals surface area contributed by atoms with E-state index >= 15 is 0 Å². The molecule has 7 nitrogen and oxygen atoms in total. The molecule has 2 unspecified atom stereocenters. The third kappa shape index (κ3) is 3.59. The first-order valence-electron chi connectivity index (χ1n) is 10.1. The Labute approximate surface area is 176 Å². The normalized spacial score (nSPS) is 23.2. The van der Waals surface area contributed by atoms with Gasteiger partial charge in [0.2, 0.25) is 0 Å². The van der Waals surface area contributed by atoms with Crippen LogP contribution >= 0.6 is 0 Å². The summed E-state index contributed by atoms with van der Waals surface area (Å²) in [5.41, 5.74) is 6.44. The standard InChI is InChI=1S/C21H22F3N5O2/c22-21(23,24)16-9-13-18(28-16)26-11-27-19(13)29-17-12-3-1-2-4-15(12)31-10-14(17)20(25)5-7-30-8-6-20/h1-4,9,11,14,17H,5-8,10,25H2,(H2,26,27,28,29). The number of ether oxygens (including phenoxy) is 2. The van der Waals surface area contributed by atoms with E-state index in [0.717, 1.165) is 17.4 Å². The third-order valence-electron chi connectivity index (χ3n) is 6.26. The van der Waals surface area contributed by atoms with Gasteiger partial charge in [-0.2, -0.15) is 13.2 Å². The SMILES string of the molecule is NC1(C2COc3ccccc3C2Nc2ncnc3[nH]c(C(F)(F)F)cc23)CCOCC1. The van der Waals surface area contributed by atoms with E-state index in [9.17, 15) is 13.2 Å². The van der Waals surface area contributed by atoms with Crippen LogP contribution < -0.4 is 15.8 Å². The van der Waals surface area contributed by atoms with Gasteiger partial charge in [0.25, 0.3) is 0 Å². The number of benzene rings is 1. The number of rotatable bonds is 3. The lowest BCUT2D eigenvalue weighted by atomic mass is 9.72. The van der Waals surface area contributed by atoms with Gasteiger partial charge in [0.05, 0.1) is 18.0 Å². The molecular weight excluding hydrogens is 411 g/mol. The number of para-hydroxylation sites is 1. The Kier molecular flexibility index (Phi) is 4.78. The summed E-state index contributed by atoms with van der Waals surface area (Å²) in [5.74, 6) is 0.915. The first-order valence-corrected chi connectivity index (χ1v) is 10.1.